The van der Waals surface area contributed by atoms with Gasteiger partial charge in [0, 0.05) is 50.3 Å². The van der Waals surface area contributed by atoms with Crippen LogP contribution in [0.3, 0.4) is 0 Å². The number of carbonyl (C=O) groups excluding carboxylic acids is 2. The minimum Gasteiger partial charge on any atom is -0.444 e. The fraction of sp³-hybridized carbons (Fsp3) is 0.450. The molecule has 0 saturated carbocycles. The number of ketones is 1. The van der Waals surface area contributed by atoms with Gasteiger partial charge in [-0.25, -0.2) is 14.8 Å². The zero-order valence-electron chi connectivity index (χ0n) is 16.5. The maximum atomic E-state index is 12.6. The fourth-order valence-corrected chi connectivity index (χ4v) is 2.90. The van der Waals surface area contributed by atoms with Gasteiger partial charge in [-0.1, -0.05) is 0 Å². The molecule has 1 aliphatic rings. The Balaban J connectivity index is 1.69. The fourth-order valence-electron chi connectivity index (χ4n) is 2.90. The molecule has 2 aromatic heterocycles. The summed E-state index contributed by atoms with van der Waals surface area (Å²) in [6.45, 7) is 7.96. The molecule has 3 heterocycles. The highest BCUT2D eigenvalue weighted by molar-refractivity contribution is 6.07. The summed E-state index contributed by atoms with van der Waals surface area (Å²) in [5.41, 5.74) is 0.290. The smallest absolute Gasteiger partial charge is 0.410 e. The molecule has 3 rings (SSSR count). The molecule has 1 saturated heterocycles. The van der Waals surface area contributed by atoms with Crippen molar-refractivity contribution in [1.82, 2.24) is 19.9 Å². The van der Waals surface area contributed by atoms with Gasteiger partial charge in [-0.15, -0.1) is 0 Å². The van der Waals surface area contributed by atoms with Crippen LogP contribution in [-0.2, 0) is 4.74 Å². The van der Waals surface area contributed by atoms with Gasteiger partial charge >= 0.3 is 6.09 Å². The van der Waals surface area contributed by atoms with E-state index < -0.39 is 5.60 Å². The van der Waals surface area contributed by atoms with Crippen LogP contribution in [0.25, 0.3) is 0 Å². The minimum absolute atomic E-state index is 0.193. The van der Waals surface area contributed by atoms with E-state index in [4.69, 9.17) is 4.74 Å². The van der Waals surface area contributed by atoms with Crippen LogP contribution in [0, 0.1) is 0 Å². The molecular weight excluding hydrogens is 358 g/mol. The summed E-state index contributed by atoms with van der Waals surface area (Å²) in [5, 5.41) is 0. The van der Waals surface area contributed by atoms with E-state index in [1.165, 1.54) is 6.20 Å². The maximum Gasteiger partial charge on any atom is 0.410 e. The number of pyridine rings is 1. The third kappa shape index (κ3) is 5.03. The van der Waals surface area contributed by atoms with Gasteiger partial charge in [-0.3, -0.25) is 9.78 Å². The standard InChI is InChI=1S/C20H25N5O3/c1-20(2,3)28-19(27)25-11-5-10-24(12-13-25)18-22-9-7-16(23-18)17(26)15-6-4-8-21-14-15/h4,6-9,14H,5,10-13H2,1-3H3. The third-order valence-corrected chi connectivity index (χ3v) is 4.23. The molecule has 1 amide bonds. The lowest BCUT2D eigenvalue weighted by molar-refractivity contribution is 0.0263. The highest BCUT2D eigenvalue weighted by Crippen LogP contribution is 2.16. The Bertz CT molecular complexity index is 835. The summed E-state index contributed by atoms with van der Waals surface area (Å²) in [6, 6.07) is 5.03. The van der Waals surface area contributed by atoms with Crippen molar-refractivity contribution < 1.29 is 14.3 Å². The summed E-state index contributed by atoms with van der Waals surface area (Å²) in [5.74, 6) is 0.294. The van der Waals surface area contributed by atoms with E-state index in [1.807, 2.05) is 25.7 Å². The Morgan fingerprint density at radius 3 is 2.61 bits per heavy atom. The molecule has 0 aromatic carbocycles. The van der Waals surface area contributed by atoms with Crippen molar-refractivity contribution in [1.29, 1.82) is 0 Å². The van der Waals surface area contributed by atoms with E-state index in [2.05, 4.69) is 15.0 Å². The van der Waals surface area contributed by atoms with Crippen LogP contribution < -0.4 is 4.90 Å². The van der Waals surface area contributed by atoms with Crippen molar-refractivity contribution in [3.63, 3.8) is 0 Å². The Kier molecular flexibility index (Phi) is 5.87. The van der Waals surface area contributed by atoms with E-state index in [0.29, 0.717) is 43.4 Å². The van der Waals surface area contributed by atoms with Crippen LogP contribution in [0.15, 0.2) is 36.8 Å². The van der Waals surface area contributed by atoms with Gasteiger partial charge in [-0.05, 0) is 45.4 Å². The number of aromatic nitrogens is 3. The Morgan fingerprint density at radius 1 is 1.07 bits per heavy atom. The lowest BCUT2D eigenvalue weighted by Crippen LogP contribution is -2.39. The number of ether oxygens (including phenoxy) is 1. The molecule has 0 N–H and O–H groups in total. The van der Waals surface area contributed by atoms with Gasteiger partial charge in [-0.2, -0.15) is 0 Å². The highest BCUT2D eigenvalue weighted by atomic mass is 16.6. The maximum absolute atomic E-state index is 12.6. The van der Waals surface area contributed by atoms with Crippen LogP contribution in [0.5, 0.6) is 0 Å². The van der Waals surface area contributed by atoms with E-state index in [-0.39, 0.29) is 11.9 Å². The number of rotatable bonds is 3. The van der Waals surface area contributed by atoms with Crippen molar-refractivity contribution >= 4 is 17.8 Å². The summed E-state index contributed by atoms with van der Waals surface area (Å²) in [7, 11) is 0. The van der Waals surface area contributed by atoms with Crippen LogP contribution in [-0.4, -0.2) is 63.5 Å². The number of anilines is 1. The number of nitrogens with zero attached hydrogens (tertiary/aromatic N) is 5. The first kappa shape index (κ1) is 19.7. The first-order chi connectivity index (χ1) is 13.3. The second kappa shape index (κ2) is 8.33. The molecule has 28 heavy (non-hydrogen) atoms. The van der Waals surface area contributed by atoms with E-state index in [9.17, 15) is 9.59 Å². The summed E-state index contributed by atoms with van der Waals surface area (Å²) in [4.78, 5) is 41.4. The van der Waals surface area contributed by atoms with Crippen LogP contribution in [0.1, 0.15) is 43.2 Å². The van der Waals surface area contributed by atoms with Gasteiger partial charge in [0.15, 0.2) is 0 Å². The first-order valence-electron chi connectivity index (χ1n) is 9.34. The molecule has 1 fully saturated rings. The van der Waals surface area contributed by atoms with Crippen LogP contribution in [0.4, 0.5) is 10.7 Å². The molecule has 1 aliphatic heterocycles. The number of hydrogen-bond donors (Lipinski definition) is 0. The van der Waals surface area contributed by atoms with Gasteiger partial charge in [0.25, 0.3) is 0 Å². The monoisotopic (exact) mass is 383 g/mol. The first-order valence-corrected chi connectivity index (χ1v) is 9.34. The molecule has 148 valence electrons. The lowest BCUT2D eigenvalue weighted by Gasteiger charge is -2.26. The average molecular weight is 383 g/mol. The highest BCUT2D eigenvalue weighted by Gasteiger charge is 2.25. The van der Waals surface area contributed by atoms with Crippen molar-refractivity contribution in [2.24, 2.45) is 0 Å². The molecular formula is C20H25N5O3. The third-order valence-electron chi connectivity index (χ3n) is 4.23. The largest absolute Gasteiger partial charge is 0.444 e. The van der Waals surface area contributed by atoms with Gasteiger partial charge in [0.2, 0.25) is 11.7 Å². The summed E-state index contributed by atoms with van der Waals surface area (Å²) < 4.78 is 5.46. The molecule has 8 heteroatoms. The average Bonchev–Trinajstić information content (AvgIpc) is 2.93. The predicted octanol–water partition coefficient (Wildman–Crippen LogP) is 2.55. The zero-order valence-corrected chi connectivity index (χ0v) is 16.5. The molecule has 0 radical (unpaired) electrons. The summed E-state index contributed by atoms with van der Waals surface area (Å²) >= 11 is 0. The van der Waals surface area contributed by atoms with E-state index in [1.54, 1.807) is 35.5 Å². The van der Waals surface area contributed by atoms with Gasteiger partial charge < -0.3 is 14.5 Å². The second-order valence-electron chi connectivity index (χ2n) is 7.62. The zero-order chi connectivity index (χ0) is 20.1. The number of carbonyl (C=O) groups is 2. The van der Waals surface area contributed by atoms with Gasteiger partial charge in [0.1, 0.15) is 11.3 Å². The Hall–Kier alpha value is -3.03. The molecule has 8 nitrogen and oxygen atoms in total. The summed E-state index contributed by atoms with van der Waals surface area (Å²) in [6.07, 6.45) is 5.19. The van der Waals surface area contributed by atoms with E-state index in [0.717, 1.165) is 6.42 Å². The lowest BCUT2D eigenvalue weighted by atomic mass is 10.1. The SMILES string of the molecule is CC(C)(C)OC(=O)N1CCCN(c2nccc(C(=O)c3cccnc3)n2)CC1. The quantitative estimate of drug-likeness (QED) is 0.753. The van der Waals surface area contributed by atoms with Crippen molar-refractivity contribution in [3.8, 4) is 0 Å². The van der Waals surface area contributed by atoms with Crippen molar-refractivity contribution in [2.45, 2.75) is 32.8 Å². The van der Waals surface area contributed by atoms with Crippen LogP contribution >= 0.6 is 0 Å². The number of amides is 1. The van der Waals surface area contributed by atoms with E-state index >= 15 is 0 Å². The topological polar surface area (TPSA) is 88.5 Å². The Labute approximate surface area is 164 Å². The predicted molar refractivity (Wildman–Crippen MR) is 104 cm³/mol. The molecule has 0 spiro atoms. The minimum atomic E-state index is -0.521. The van der Waals surface area contributed by atoms with Crippen molar-refractivity contribution in [3.05, 3.63) is 48.0 Å². The molecule has 2 aromatic rings. The van der Waals surface area contributed by atoms with Crippen molar-refractivity contribution in [2.75, 3.05) is 31.1 Å². The molecule has 0 bridgehead atoms. The Morgan fingerprint density at radius 2 is 1.89 bits per heavy atom. The molecule has 0 atom stereocenters. The normalized spacial score (nSPS) is 15.1. The van der Waals surface area contributed by atoms with Crippen LogP contribution in [0.2, 0.25) is 0 Å². The molecule has 0 aliphatic carbocycles. The molecule has 0 unspecified atom stereocenters. The number of hydrogen-bond acceptors (Lipinski definition) is 7. The van der Waals surface area contributed by atoms with Gasteiger partial charge in [0.05, 0.1) is 0 Å². The second-order valence-corrected chi connectivity index (χ2v) is 7.62.